The minimum atomic E-state index is -0.810. The summed E-state index contributed by atoms with van der Waals surface area (Å²) in [6.45, 7) is 2.02. The number of ether oxygens (including phenoxy) is 4. The van der Waals surface area contributed by atoms with Crippen molar-refractivity contribution in [2.45, 2.75) is 13.0 Å². The zero-order valence-corrected chi connectivity index (χ0v) is 23.1. The molecule has 0 aliphatic carbocycles. The second kappa shape index (κ2) is 10.7. The van der Waals surface area contributed by atoms with Gasteiger partial charge in [-0.2, -0.15) is 0 Å². The van der Waals surface area contributed by atoms with Crippen molar-refractivity contribution >= 4 is 40.7 Å². The third kappa shape index (κ3) is 4.57. The van der Waals surface area contributed by atoms with Crippen LogP contribution < -0.4 is 29.1 Å². The Balaban J connectivity index is 1.64. The molecule has 3 heterocycles. The molecule has 10 heteroatoms. The summed E-state index contributed by atoms with van der Waals surface area (Å²) < 4.78 is 23.8. The molecule has 202 valence electrons. The highest BCUT2D eigenvalue weighted by molar-refractivity contribution is 7.07. The largest absolute Gasteiger partial charge is 0.497 e. The van der Waals surface area contributed by atoms with Gasteiger partial charge in [0.2, 0.25) is 6.79 Å². The van der Waals surface area contributed by atoms with Crippen molar-refractivity contribution in [3.05, 3.63) is 114 Å². The van der Waals surface area contributed by atoms with Gasteiger partial charge in [-0.1, -0.05) is 65.4 Å². The van der Waals surface area contributed by atoms with Crippen molar-refractivity contribution in [1.82, 2.24) is 4.57 Å². The number of thiazole rings is 1. The third-order valence-electron chi connectivity index (χ3n) is 6.56. The normalized spacial score (nSPS) is 16.0. The van der Waals surface area contributed by atoms with Gasteiger partial charge in [0.25, 0.3) is 5.56 Å². The number of nitrogens with zero attached hydrogens (tertiary/aromatic N) is 2. The Morgan fingerprint density at radius 3 is 2.65 bits per heavy atom. The van der Waals surface area contributed by atoms with Gasteiger partial charge in [-0.25, -0.2) is 9.79 Å². The van der Waals surface area contributed by atoms with E-state index in [4.69, 9.17) is 35.5 Å². The Kier molecular flexibility index (Phi) is 6.91. The van der Waals surface area contributed by atoms with E-state index in [1.165, 1.54) is 15.9 Å². The van der Waals surface area contributed by atoms with Crippen LogP contribution in [0.25, 0.3) is 11.8 Å². The van der Waals surface area contributed by atoms with Gasteiger partial charge in [0.15, 0.2) is 16.3 Å². The molecule has 8 nitrogen and oxygen atoms in total. The van der Waals surface area contributed by atoms with E-state index in [1.807, 2.05) is 48.5 Å². The zero-order chi connectivity index (χ0) is 27.8. The number of fused-ring (bicyclic) bond motifs is 2. The van der Waals surface area contributed by atoms with Gasteiger partial charge in [-0.05, 0) is 42.3 Å². The van der Waals surface area contributed by atoms with Gasteiger partial charge in [-0.3, -0.25) is 9.36 Å². The van der Waals surface area contributed by atoms with Crippen molar-refractivity contribution in [3.63, 3.8) is 0 Å². The molecule has 0 bridgehead atoms. The molecule has 0 spiro atoms. The minimum Gasteiger partial charge on any atom is -0.497 e. The maximum Gasteiger partial charge on any atom is 0.338 e. The van der Waals surface area contributed by atoms with Crippen molar-refractivity contribution in [3.8, 4) is 17.2 Å². The topological polar surface area (TPSA) is 88.4 Å². The number of carbonyl (C=O) groups is 1. The van der Waals surface area contributed by atoms with E-state index in [9.17, 15) is 9.59 Å². The first-order valence-electron chi connectivity index (χ1n) is 12.5. The average Bonchev–Trinajstić information content (AvgIpc) is 3.56. The lowest BCUT2D eigenvalue weighted by atomic mass is 9.93. The second-order valence-corrected chi connectivity index (χ2v) is 10.4. The van der Waals surface area contributed by atoms with E-state index in [0.717, 1.165) is 5.56 Å². The van der Waals surface area contributed by atoms with Crippen LogP contribution in [-0.2, 0) is 9.53 Å². The summed E-state index contributed by atoms with van der Waals surface area (Å²) in [6.07, 6.45) is 1.70. The Morgan fingerprint density at radius 1 is 1.12 bits per heavy atom. The summed E-state index contributed by atoms with van der Waals surface area (Å²) in [6, 6.07) is 19.3. The molecule has 1 aromatic heterocycles. The van der Waals surface area contributed by atoms with Gasteiger partial charge in [0.05, 0.1) is 40.6 Å². The average molecular weight is 575 g/mol. The van der Waals surface area contributed by atoms with Crippen LogP contribution in [0.5, 0.6) is 17.2 Å². The Morgan fingerprint density at radius 2 is 1.90 bits per heavy atom. The summed E-state index contributed by atoms with van der Waals surface area (Å²) in [4.78, 5) is 32.9. The smallest absolute Gasteiger partial charge is 0.338 e. The molecule has 1 atom stereocenters. The molecule has 0 radical (unpaired) electrons. The number of rotatable bonds is 6. The highest BCUT2D eigenvalue weighted by Gasteiger charge is 2.35. The molecule has 0 fully saturated rings. The number of aromatic nitrogens is 1. The van der Waals surface area contributed by atoms with Crippen LogP contribution in [0.15, 0.2) is 82.1 Å². The summed E-state index contributed by atoms with van der Waals surface area (Å²) in [7, 11) is 1.57. The second-order valence-electron chi connectivity index (χ2n) is 8.94. The molecule has 2 aliphatic rings. The monoisotopic (exact) mass is 574 g/mol. The Labute approximate surface area is 238 Å². The fourth-order valence-electron chi connectivity index (χ4n) is 4.75. The standard InChI is InChI=1S/C30H23ClN2O6S/c1-3-37-29(35)25-26(17-8-5-4-6-9-17)32-30-33(27(25)18-10-7-11-20(12-18)36-2)28(34)24(40-30)14-19-13-22-23(15-21(19)31)39-16-38-22/h4-15,27H,3,16H2,1-2H3/t27-/m0/s1. The molecule has 0 unspecified atom stereocenters. The molecular weight excluding hydrogens is 552 g/mol. The molecule has 40 heavy (non-hydrogen) atoms. The lowest BCUT2D eigenvalue weighted by molar-refractivity contribution is -0.138. The number of hydrogen-bond acceptors (Lipinski definition) is 8. The summed E-state index contributed by atoms with van der Waals surface area (Å²) in [5.74, 6) is 1.14. The molecule has 3 aromatic carbocycles. The van der Waals surface area contributed by atoms with Gasteiger partial charge >= 0.3 is 5.97 Å². The molecule has 4 aromatic rings. The van der Waals surface area contributed by atoms with Crippen molar-refractivity contribution in [2.24, 2.45) is 4.99 Å². The first-order valence-corrected chi connectivity index (χ1v) is 13.7. The summed E-state index contributed by atoms with van der Waals surface area (Å²) >= 11 is 7.73. The van der Waals surface area contributed by atoms with Gasteiger partial charge in [-0.15, -0.1) is 0 Å². The van der Waals surface area contributed by atoms with Crippen LogP contribution in [0, 0.1) is 0 Å². The maximum atomic E-state index is 14.0. The van der Waals surface area contributed by atoms with E-state index in [-0.39, 0.29) is 24.5 Å². The molecule has 2 aliphatic heterocycles. The van der Waals surface area contributed by atoms with Gasteiger partial charge in [0, 0.05) is 11.6 Å². The number of methoxy groups -OCH3 is 1. The van der Waals surface area contributed by atoms with Crippen LogP contribution in [-0.4, -0.2) is 31.0 Å². The first-order chi connectivity index (χ1) is 19.5. The fourth-order valence-corrected chi connectivity index (χ4v) is 5.95. The quantitative estimate of drug-likeness (QED) is 0.319. The molecular formula is C30H23ClN2O6S. The minimum absolute atomic E-state index is 0.108. The summed E-state index contributed by atoms with van der Waals surface area (Å²) in [5, 5.41) is 0.414. The van der Waals surface area contributed by atoms with Crippen molar-refractivity contribution in [1.29, 1.82) is 0 Å². The van der Waals surface area contributed by atoms with Crippen molar-refractivity contribution < 1.29 is 23.7 Å². The summed E-state index contributed by atoms with van der Waals surface area (Å²) in [5.41, 5.74) is 2.40. The lowest BCUT2D eigenvalue weighted by Crippen LogP contribution is -2.40. The molecule has 6 rings (SSSR count). The van der Waals surface area contributed by atoms with Crippen LogP contribution >= 0.6 is 22.9 Å². The van der Waals surface area contributed by atoms with E-state index in [0.29, 0.717) is 48.4 Å². The molecule has 0 saturated heterocycles. The van der Waals surface area contributed by atoms with Crippen LogP contribution in [0.4, 0.5) is 0 Å². The predicted molar refractivity (Wildman–Crippen MR) is 152 cm³/mol. The van der Waals surface area contributed by atoms with E-state index >= 15 is 0 Å². The number of hydrogen-bond donors (Lipinski definition) is 0. The molecule has 0 saturated carbocycles. The molecule has 0 N–H and O–H groups in total. The van der Waals surface area contributed by atoms with E-state index in [1.54, 1.807) is 38.3 Å². The van der Waals surface area contributed by atoms with Crippen LogP contribution in [0.3, 0.4) is 0 Å². The van der Waals surface area contributed by atoms with Crippen LogP contribution in [0.2, 0.25) is 5.02 Å². The Hall–Kier alpha value is -4.34. The van der Waals surface area contributed by atoms with Crippen LogP contribution in [0.1, 0.15) is 29.7 Å². The molecule has 0 amide bonds. The maximum absolute atomic E-state index is 14.0. The van der Waals surface area contributed by atoms with E-state index < -0.39 is 12.0 Å². The predicted octanol–water partition coefficient (Wildman–Crippen LogP) is 4.33. The van der Waals surface area contributed by atoms with E-state index in [2.05, 4.69) is 0 Å². The number of carbonyl (C=O) groups excluding carboxylic acids is 1. The van der Waals surface area contributed by atoms with Crippen molar-refractivity contribution in [2.75, 3.05) is 20.5 Å². The highest BCUT2D eigenvalue weighted by Crippen LogP contribution is 2.38. The van der Waals surface area contributed by atoms with Gasteiger partial charge < -0.3 is 18.9 Å². The first kappa shape index (κ1) is 25.9. The third-order valence-corrected chi connectivity index (χ3v) is 7.87. The zero-order valence-electron chi connectivity index (χ0n) is 21.5. The number of benzene rings is 3. The SMILES string of the molecule is CCOC(=O)C1=C(c2ccccc2)N=c2sc(=Cc3cc4c(cc3Cl)OCO4)c(=O)n2[C@H]1c1cccc(OC)c1. The van der Waals surface area contributed by atoms with Gasteiger partial charge in [0.1, 0.15) is 5.75 Å². The highest BCUT2D eigenvalue weighted by atomic mass is 35.5. The number of esters is 1. The fraction of sp³-hybridized carbons (Fsp3) is 0.167. The Bertz CT molecular complexity index is 1840. The lowest BCUT2D eigenvalue weighted by Gasteiger charge is -2.26. The number of halogens is 1.